The predicted molar refractivity (Wildman–Crippen MR) is 162 cm³/mol. The lowest BCUT2D eigenvalue weighted by molar-refractivity contribution is -0.132. The molecule has 38 heavy (non-hydrogen) atoms. The molecule has 2 aromatic rings. The summed E-state index contributed by atoms with van der Waals surface area (Å²) in [5.41, 5.74) is 8.80. The molecule has 2 aromatic carbocycles. The maximum Gasteiger partial charge on any atom is 0.242 e. The SMILES string of the molecule is C=C(CBr)C[C@H](COCc1ccccc1)C(C/C=C/c1ccccc1)C(=O)N[C@H](CCCN)C(=O)NC.Cl. The minimum atomic E-state index is -0.632. The van der Waals surface area contributed by atoms with Gasteiger partial charge in [0.05, 0.1) is 13.2 Å². The van der Waals surface area contributed by atoms with E-state index in [2.05, 4.69) is 33.1 Å². The van der Waals surface area contributed by atoms with Crippen molar-refractivity contribution in [3.63, 3.8) is 0 Å². The lowest BCUT2D eigenvalue weighted by atomic mass is 9.84. The molecular formula is C30H41BrClN3O3. The van der Waals surface area contributed by atoms with Gasteiger partial charge in [0, 0.05) is 18.3 Å². The summed E-state index contributed by atoms with van der Waals surface area (Å²) >= 11 is 3.50. The van der Waals surface area contributed by atoms with E-state index in [0.717, 1.165) is 16.7 Å². The van der Waals surface area contributed by atoms with Gasteiger partial charge in [-0.3, -0.25) is 9.59 Å². The van der Waals surface area contributed by atoms with Crippen molar-refractivity contribution < 1.29 is 14.3 Å². The molecule has 2 rings (SSSR count). The van der Waals surface area contributed by atoms with E-state index in [4.69, 9.17) is 10.5 Å². The van der Waals surface area contributed by atoms with E-state index in [-0.39, 0.29) is 30.1 Å². The number of benzene rings is 2. The van der Waals surface area contributed by atoms with Crippen LogP contribution in [-0.2, 0) is 20.9 Å². The molecule has 0 radical (unpaired) electrons. The normalized spacial score (nSPS) is 13.2. The average molecular weight is 607 g/mol. The highest BCUT2D eigenvalue weighted by atomic mass is 79.9. The van der Waals surface area contributed by atoms with E-state index >= 15 is 0 Å². The fourth-order valence-corrected chi connectivity index (χ4v) is 4.35. The first-order valence-electron chi connectivity index (χ1n) is 12.8. The number of carbonyl (C=O) groups excluding carboxylic acids is 2. The van der Waals surface area contributed by atoms with Crippen molar-refractivity contribution in [1.82, 2.24) is 10.6 Å². The van der Waals surface area contributed by atoms with Gasteiger partial charge >= 0.3 is 0 Å². The van der Waals surface area contributed by atoms with Gasteiger partial charge in [-0.2, -0.15) is 0 Å². The van der Waals surface area contributed by atoms with Crippen molar-refractivity contribution in [1.29, 1.82) is 0 Å². The summed E-state index contributed by atoms with van der Waals surface area (Å²) in [4.78, 5) is 26.1. The molecule has 0 heterocycles. The largest absolute Gasteiger partial charge is 0.376 e. The molecule has 208 valence electrons. The number of hydrogen-bond acceptors (Lipinski definition) is 4. The van der Waals surface area contributed by atoms with Crippen LogP contribution < -0.4 is 16.4 Å². The van der Waals surface area contributed by atoms with Crippen LogP contribution in [0.1, 0.15) is 36.8 Å². The second-order valence-electron chi connectivity index (χ2n) is 9.11. The Balaban J connectivity index is 0.00000722. The topological polar surface area (TPSA) is 93.4 Å². The van der Waals surface area contributed by atoms with Crippen molar-refractivity contribution in [2.24, 2.45) is 17.6 Å². The zero-order valence-electron chi connectivity index (χ0n) is 22.1. The van der Waals surface area contributed by atoms with Crippen LogP contribution in [0.2, 0.25) is 0 Å². The van der Waals surface area contributed by atoms with Crippen LogP contribution in [0.15, 0.2) is 78.9 Å². The second-order valence-corrected chi connectivity index (χ2v) is 9.67. The molecule has 6 nitrogen and oxygen atoms in total. The molecule has 0 aliphatic rings. The Kier molecular flexibility index (Phi) is 17.3. The van der Waals surface area contributed by atoms with E-state index in [9.17, 15) is 9.59 Å². The highest BCUT2D eigenvalue weighted by Crippen LogP contribution is 2.26. The molecule has 0 saturated carbocycles. The number of ether oxygens (including phenoxy) is 1. The molecule has 0 spiro atoms. The summed E-state index contributed by atoms with van der Waals surface area (Å²) in [6, 6.07) is 19.3. The van der Waals surface area contributed by atoms with Crippen molar-refractivity contribution in [3.8, 4) is 0 Å². The smallest absolute Gasteiger partial charge is 0.242 e. The van der Waals surface area contributed by atoms with Crippen LogP contribution in [0.5, 0.6) is 0 Å². The molecule has 2 amide bonds. The Bertz CT molecular complexity index is 989. The Morgan fingerprint density at radius 3 is 2.34 bits per heavy atom. The lowest BCUT2D eigenvalue weighted by Crippen LogP contribution is -2.49. The van der Waals surface area contributed by atoms with Crippen LogP contribution in [0.3, 0.4) is 0 Å². The third-order valence-electron chi connectivity index (χ3n) is 6.17. The van der Waals surface area contributed by atoms with Crippen LogP contribution in [0.25, 0.3) is 6.08 Å². The van der Waals surface area contributed by atoms with Gasteiger partial charge in [0.2, 0.25) is 11.8 Å². The third-order valence-corrected chi connectivity index (χ3v) is 6.96. The molecular weight excluding hydrogens is 566 g/mol. The molecule has 0 saturated heterocycles. The summed E-state index contributed by atoms with van der Waals surface area (Å²) in [5, 5.41) is 6.29. The van der Waals surface area contributed by atoms with Crippen LogP contribution in [0, 0.1) is 11.8 Å². The van der Waals surface area contributed by atoms with E-state index in [0.29, 0.717) is 50.8 Å². The number of amides is 2. The monoisotopic (exact) mass is 605 g/mol. The van der Waals surface area contributed by atoms with Gasteiger partial charge in [0.25, 0.3) is 0 Å². The maximum atomic E-state index is 13.7. The molecule has 1 unspecified atom stereocenters. The fraction of sp³-hybridized carbons (Fsp3) is 0.400. The number of hydrogen-bond donors (Lipinski definition) is 3. The molecule has 0 aromatic heterocycles. The first-order chi connectivity index (χ1) is 18.0. The van der Waals surface area contributed by atoms with Crippen LogP contribution in [-0.4, -0.2) is 43.4 Å². The summed E-state index contributed by atoms with van der Waals surface area (Å²) in [5.74, 6) is -0.910. The predicted octanol–water partition coefficient (Wildman–Crippen LogP) is 5.27. The van der Waals surface area contributed by atoms with Gasteiger partial charge in [-0.15, -0.1) is 12.4 Å². The minimum Gasteiger partial charge on any atom is -0.376 e. The third kappa shape index (κ3) is 12.4. The van der Waals surface area contributed by atoms with Crippen molar-refractivity contribution >= 4 is 46.2 Å². The molecule has 3 atom stereocenters. The summed E-state index contributed by atoms with van der Waals surface area (Å²) in [7, 11) is 1.57. The number of halogens is 2. The zero-order valence-corrected chi connectivity index (χ0v) is 24.5. The number of likely N-dealkylation sites (N-methyl/N-ethyl adjacent to an activating group) is 1. The average Bonchev–Trinajstić information content (AvgIpc) is 2.93. The van der Waals surface area contributed by atoms with E-state index < -0.39 is 12.0 Å². The van der Waals surface area contributed by atoms with Gasteiger partial charge in [0.1, 0.15) is 6.04 Å². The number of carbonyl (C=O) groups is 2. The lowest BCUT2D eigenvalue weighted by Gasteiger charge is -2.28. The van der Waals surface area contributed by atoms with Gasteiger partial charge in [-0.25, -0.2) is 0 Å². The van der Waals surface area contributed by atoms with Gasteiger partial charge in [0.15, 0.2) is 0 Å². The molecule has 8 heteroatoms. The fourth-order valence-electron chi connectivity index (χ4n) is 4.12. The van der Waals surface area contributed by atoms with Crippen LogP contribution in [0.4, 0.5) is 0 Å². The van der Waals surface area contributed by atoms with Gasteiger partial charge in [-0.05, 0) is 49.3 Å². The van der Waals surface area contributed by atoms with Crippen molar-refractivity contribution in [2.45, 2.75) is 38.3 Å². The Morgan fingerprint density at radius 2 is 1.74 bits per heavy atom. The number of rotatable bonds is 17. The van der Waals surface area contributed by atoms with Gasteiger partial charge < -0.3 is 21.1 Å². The van der Waals surface area contributed by atoms with E-state index in [1.807, 2.05) is 72.8 Å². The van der Waals surface area contributed by atoms with Crippen molar-refractivity contribution in [2.75, 3.05) is 25.5 Å². The second kappa shape index (κ2) is 19.6. The summed E-state index contributed by atoms with van der Waals surface area (Å²) < 4.78 is 6.11. The first kappa shape index (κ1) is 33.6. The molecule has 4 N–H and O–H groups in total. The standard InChI is InChI=1S/C30H40BrN3O3.ClH/c1-23(20-31)19-26(22-37-21-25-13-7-4-8-14-25)27(16-9-15-24-11-5-3-6-12-24)29(35)34-28(17-10-18-32)30(36)33-2;/h3-9,11-15,26-28H,1,10,16-22,32H2,2H3,(H,33,36)(H,34,35);1H/b15-9+;/t26-,27?,28-;/m1./s1. The molecule has 0 bridgehead atoms. The first-order valence-corrected chi connectivity index (χ1v) is 13.9. The zero-order chi connectivity index (χ0) is 26.9. The quantitative estimate of drug-likeness (QED) is 0.169. The highest BCUT2D eigenvalue weighted by Gasteiger charge is 2.31. The number of alkyl halides is 1. The van der Waals surface area contributed by atoms with Gasteiger partial charge in [-0.1, -0.05) is 101 Å². The Morgan fingerprint density at radius 1 is 1.08 bits per heavy atom. The summed E-state index contributed by atoms with van der Waals surface area (Å²) in [6.07, 6.45) is 6.30. The minimum absolute atomic E-state index is 0. The van der Waals surface area contributed by atoms with Crippen LogP contribution >= 0.6 is 28.3 Å². The number of allylic oxidation sites excluding steroid dienone is 2. The Hall–Kier alpha value is -2.45. The van der Waals surface area contributed by atoms with Crippen molar-refractivity contribution in [3.05, 3.63) is 90.0 Å². The molecule has 0 fully saturated rings. The Labute approximate surface area is 242 Å². The molecule has 0 aliphatic carbocycles. The molecule has 0 aliphatic heterocycles. The maximum absolute atomic E-state index is 13.7. The highest BCUT2D eigenvalue weighted by molar-refractivity contribution is 9.09. The van der Waals surface area contributed by atoms with E-state index in [1.54, 1.807) is 7.05 Å². The summed E-state index contributed by atoms with van der Waals surface area (Å²) in [6.45, 7) is 5.47. The number of nitrogens with two attached hydrogens (primary N) is 1. The number of nitrogens with one attached hydrogen (secondary N) is 2. The van der Waals surface area contributed by atoms with E-state index in [1.165, 1.54) is 0 Å².